The summed E-state index contributed by atoms with van der Waals surface area (Å²) in [5, 5.41) is 13.7. The maximum absolute atomic E-state index is 10.3. The largest absolute Gasteiger partial charge is 0.508 e. The molecule has 1 aliphatic heterocycles. The van der Waals surface area contributed by atoms with Gasteiger partial charge in [0.1, 0.15) is 5.75 Å². The van der Waals surface area contributed by atoms with E-state index < -0.39 is 0 Å². The van der Waals surface area contributed by atoms with Crippen LogP contribution in [0.2, 0.25) is 0 Å². The molecular weight excluding hydrogens is 248 g/mol. The maximum Gasteiger partial charge on any atom is 0.120 e. The smallest absolute Gasteiger partial charge is 0.120 e. The molecular formula is C17H28N2O. The van der Waals surface area contributed by atoms with Gasteiger partial charge in [0.05, 0.1) is 0 Å². The molecule has 2 N–H and O–H groups in total. The molecule has 0 bridgehead atoms. The van der Waals surface area contributed by atoms with E-state index in [1.54, 1.807) is 0 Å². The third-order valence-electron chi connectivity index (χ3n) is 4.22. The number of hydrogen-bond acceptors (Lipinski definition) is 3. The van der Waals surface area contributed by atoms with Gasteiger partial charge in [0.25, 0.3) is 0 Å². The summed E-state index contributed by atoms with van der Waals surface area (Å²) in [6.45, 7) is 8.59. The van der Waals surface area contributed by atoms with Gasteiger partial charge in [-0.25, -0.2) is 0 Å². The fourth-order valence-electron chi connectivity index (χ4n) is 3.06. The Morgan fingerprint density at radius 2 is 2.00 bits per heavy atom. The number of piperazine rings is 1. The minimum absolute atomic E-state index is 0.364. The predicted molar refractivity (Wildman–Crippen MR) is 84.2 cm³/mol. The highest BCUT2D eigenvalue weighted by molar-refractivity contribution is 5.38. The molecule has 2 rings (SSSR count). The number of unbranched alkanes of at least 4 members (excludes halogenated alkanes) is 2. The van der Waals surface area contributed by atoms with Gasteiger partial charge in [-0.2, -0.15) is 0 Å². The van der Waals surface area contributed by atoms with E-state index in [4.69, 9.17) is 0 Å². The second-order valence-electron chi connectivity index (χ2n) is 5.86. The molecule has 112 valence electrons. The van der Waals surface area contributed by atoms with Crippen molar-refractivity contribution in [1.29, 1.82) is 0 Å². The van der Waals surface area contributed by atoms with Crippen LogP contribution in [-0.4, -0.2) is 36.2 Å². The Balaban J connectivity index is 2.17. The number of aryl methyl sites for hydroxylation is 1. The quantitative estimate of drug-likeness (QED) is 0.783. The van der Waals surface area contributed by atoms with E-state index in [0.717, 1.165) is 38.2 Å². The van der Waals surface area contributed by atoms with Gasteiger partial charge in [0.15, 0.2) is 0 Å². The first-order valence-corrected chi connectivity index (χ1v) is 7.96. The molecule has 0 unspecified atom stereocenters. The van der Waals surface area contributed by atoms with E-state index in [1.807, 2.05) is 12.1 Å². The van der Waals surface area contributed by atoms with E-state index in [9.17, 15) is 5.11 Å². The lowest BCUT2D eigenvalue weighted by Gasteiger charge is -2.35. The van der Waals surface area contributed by atoms with Gasteiger partial charge in [-0.05, 0) is 19.4 Å². The topological polar surface area (TPSA) is 35.5 Å². The summed E-state index contributed by atoms with van der Waals surface area (Å²) in [6.07, 6.45) is 4.90. The third kappa shape index (κ3) is 3.97. The van der Waals surface area contributed by atoms with Crippen molar-refractivity contribution >= 4 is 0 Å². The van der Waals surface area contributed by atoms with Crippen LogP contribution in [0.3, 0.4) is 0 Å². The monoisotopic (exact) mass is 276 g/mol. The zero-order valence-electron chi connectivity index (χ0n) is 12.9. The number of nitrogens with zero attached hydrogens (tertiary/aromatic N) is 1. The molecule has 0 spiro atoms. The standard InChI is InChI=1S/C17H28N2O/c1-3-4-5-6-16(19-11-9-18-10-12-19)15-13-14(2)7-8-17(15)20/h7-8,13,16,18,20H,3-6,9-12H2,1-2H3/t16-/m0/s1. The Bertz CT molecular complexity index is 413. The van der Waals surface area contributed by atoms with Gasteiger partial charge in [-0.15, -0.1) is 0 Å². The zero-order chi connectivity index (χ0) is 14.4. The van der Waals surface area contributed by atoms with E-state index in [1.165, 1.54) is 24.8 Å². The van der Waals surface area contributed by atoms with Crippen molar-refractivity contribution in [3.63, 3.8) is 0 Å². The van der Waals surface area contributed by atoms with Crippen molar-refractivity contribution in [2.45, 2.75) is 45.6 Å². The van der Waals surface area contributed by atoms with Gasteiger partial charge in [0.2, 0.25) is 0 Å². The number of aromatic hydroxyl groups is 1. The molecule has 1 aliphatic rings. The van der Waals surface area contributed by atoms with Crippen molar-refractivity contribution < 1.29 is 5.11 Å². The summed E-state index contributed by atoms with van der Waals surface area (Å²) in [7, 11) is 0. The van der Waals surface area contributed by atoms with Crippen LogP contribution in [0.15, 0.2) is 18.2 Å². The molecule has 0 radical (unpaired) electrons. The molecule has 1 saturated heterocycles. The molecule has 0 aliphatic carbocycles. The number of hydrogen-bond donors (Lipinski definition) is 2. The second-order valence-corrected chi connectivity index (χ2v) is 5.86. The summed E-state index contributed by atoms with van der Waals surface area (Å²) in [6, 6.07) is 6.36. The molecule has 1 aromatic carbocycles. The first kappa shape index (κ1) is 15.3. The number of benzene rings is 1. The summed E-state index contributed by atoms with van der Waals surface area (Å²) < 4.78 is 0. The van der Waals surface area contributed by atoms with Crippen LogP contribution in [0.1, 0.15) is 49.8 Å². The lowest BCUT2D eigenvalue weighted by Crippen LogP contribution is -2.45. The number of phenols is 1. The van der Waals surface area contributed by atoms with Gasteiger partial charge >= 0.3 is 0 Å². The van der Waals surface area contributed by atoms with Gasteiger partial charge in [0, 0.05) is 37.8 Å². The minimum Gasteiger partial charge on any atom is -0.508 e. The highest BCUT2D eigenvalue weighted by Crippen LogP contribution is 2.33. The summed E-state index contributed by atoms with van der Waals surface area (Å²) in [5.41, 5.74) is 2.34. The second kappa shape index (κ2) is 7.65. The van der Waals surface area contributed by atoms with Gasteiger partial charge < -0.3 is 10.4 Å². The van der Waals surface area contributed by atoms with Crippen LogP contribution in [0.25, 0.3) is 0 Å². The highest BCUT2D eigenvalue weighted by Gasteiger charge is 2.24. The molecule has 0 saturated carbocycles. The van der Waals surface area contributed by atoms with Crippen LogP contribution >= 0.6 is 0 Å². The van der Waals surface area contributed by atoms with Crippen LogP contribution in [0.4, 0.5) is 0 Å². The Kier molecular flexibility index (Phi) is 5.86. The van der Waals surface area contributed by atoms with E-state index in [-0.39, 0.29) is 0 Å². The molecule has 20 heavy (non-hydrogen) atoms. The van der Waals surface area contributed by atoms with Crippen LogP contribution in [0.5, 0.6) is 5.75 Å². The molecule has 3 heteroatoms. The molecule has 1 aromatic rings. The van der Waals surface area contributed by atoms with Crippen molar-refractivity contribution in [3.05, 3.63) is 29.3 Å². The predicted octanol–water partition coefficient (Wildman–Crippen LogP) is 3.23. The number of nitrogens with one attached hydrogen (secondary N) is 1. The van der Waals surface area contributed by atoms with Gasteiger partial charge in [-0.3, -0.25) is 4.90 Å². The Hall–Kier alpha value is -1.06. The fraction of sp³-hybridized carbons (Fsp3) is 0.647. The average Bonchev–Trinajstić information content (AvgIpc) is 2.48. The van der Waals surface area contributed by atoms with Crippen molar-refractivity contribution in [2.75, 3.05) is 26.2 Å². The molecule has 1 heterocycles. The lowest BCUT2D eigenvalue weighted by atomic mass is 9.96. The SMILES string of the molecule is CCCCC[C@@H](c1cc(C)ccc1O)N1CCNCC1. The molecule has 1 atom stereocenters. The first-order valence-electron chi connectivity index (χ1n) is 7.96. The molecule has 1 fully saturated rings. The lowest BCUT2D eigenvalue weighted by molar-refractivity contribution is 0.160. The normalized spacial score (nSPS) is 18.1. The van der Waals surface area contributed by atoms with Crippen molar-refractivity contribution in [3.8, 4) is 5.75 Å². The third-order valence-corrected chi connectivity index (χ3v) is 4.22. The molecule has 0 aromatic heterocycles. The highest BCUT2D eigenvalue weighted by atomic mass is 16.3. The van der Waals surface area contributed by atoms with E-state index >= 15 is 0 Å². The maximum atomic E-state index is 10.3. The molecule has 3 nitrogen and oxygen atoms in total. The summed E-state index contributed by atoms with van der Waals surface area (Å²) >= 11 is 0. The Morgan fingerprint density at radius 3 is 2.70 bits per heavy atom. The van der Waals surface area contributed by atoms with Crippen LogP contribution < -0.4 is 5.32 Å². The number of rotatable bonds is 6. The number of phenolic OH excluding ortho intramolecular Hbond substituents is 1. The molecule has 0 amide bonds. The van der Waals surface area contributed by atoms with E-state index in [0.29, 0.717) is 11.8 Å². The Labute approximate surface area is 123 Å². The Morgan fingerprint density at radius 1 is 1.25 bits per heavy atom. The van der Waals surface area contributed by atoms with Crippen LogP contribution in [0, 0.1) is 6.92 Å². The van der Waals surface area contributed by atoms with E-state index in [2.05, 4.69) is 30.1 Å². The van der Waals surface area contributed by atoms with Crippen molar-refractivity contribution in [2.24, 2.45) is 0 Å². The summed E-state index contributed by atoms with van der Waals surface area (Å²) in [4.78, 5) is 2.53. The first-order chi connectivity index (χ1) is 9.72. The minimum atomic E-state index is 0.364. The average molecular weight is 276 g/mol. The fourth-order valence-corrected chi connectivity index (χ4v) is 3.06. The van der Waals surface area contributed by atoms with Crippen molar-refractivity contribution in [1.82, 2.24) is 10.2 Å². The van der Waals surface area contributed by atoms with Crippen LogP contribution in [-0.2, 0) is 0 Å². The van der Waals surface area contributed by atoms with Gasteiger partial charge in [-0.1, -0.05) is 43.9 Å². The zero-order valence-corrected chi connectivity index (χ0v) is 12.9. The summed E-state index contributed by atoms with van der Waals surface area (Å²) in [5.74, 6) is 0.454.